The molecule has 0 heterocycles. The number of hydrogen-bond donors (Lipinski definition) is 0. The van der Waals surface area contributed by atoms with Crippen molar-refractivity contribution in [2.75, 3.05) is 0 Å². The first-order chi connectivity index (χ1) is 6.72. The van der Waals surface area contributed by atoms with E-state index < -0.39 is 0 Å². The van der Waals surface area contributed by atoms with Gasteiger partial charge in [-0.25, -0.2) is 0 Å². The van der Waals surface area contributed by atoms with E-state index in [-0.39, 0.29) is 8.41 Å². The summed E-state index contributed by atoms with van der Waals surface area (Å²) in [5, 5.41) is 0. The van der Waals surface area contributed by atoms with Crippen molar-refractivity contribution in [1.29, 1.82) is 0 Å². The molecule has 0 N–H and O–H groups in total. The first-order valence-electron chi connectivity index (χ1n) is 5.79. The van der Waals surface area contributed by atoms with Gasteiger partial charge in [0.1, 0.15) is 0 Å². The third-order valence-corrected chi connectivity index (χ3v) is 7.10. The predicted octanol–water partition coefficient (Wildman–Crippen LogP) is 5.72. The zero-order valence-electron chi connectivity index (χ0n) is 10.7. The van der Waals surface area contributed by atoms with Crippen LogP contribution >= 0.6 is 35.0 Å². The Morgan fingerprint density at radius 3 is 1.27 bits per heavy atom. The molecule has 0 aromatic heterocycles. The van der Waals surface area contributed by atoms with Crippen molar-refractivity contribution in [3.63, 3.8) is 0 Å². The van der Waals surface area contributed by atoms with Gasteiger partial charge in [0.25, 0.3) is 0 Å². The van der Waals surface area contributed by atoms with Crippen LogP contribution in [0.3, 0.4) is 0 Å². The third kappa shape index (κ3) is 4.02. The molecular weight excluding hydrogens is 247 g/mol. The van der Waals surface area contributed by atoms with Crippen LogP contribution in [0.25, 0.3) is 0 Å². The predicted molar refractivity (Wildman–Crippen MR) is 75.0 cm³/mol. The van der Waals surface area contributed by atoms with Gasteiger partial charge in [0.05, 0.1) is 8.41 Å². The molecule has 0 amide bonds. The zero-order valence-corrected chi connectivity index (χ0v) is 13.1. The topological polar surface area (TPSA) is 0 Å². The quantitative estimate of drug-likeness (QED) is 0.556. The van der Waals surface area contributed by atoms with Gasteiger partial charge in [-0.15, -0.1) is 35.0 Å². The lowest BCUT2D eigenvalue weighted by Gasteiger charge is -2.39. The van der Waals surface area contributed by atoms with Crippen molar-refractivity contribution in [2.24, 2.45) is 11.8 Å². The average Bonchev–Trinajstić information content (AvgIpc) is 2.16. The highest BCUT2D eigenvalue weighted by molar-refractivity contribution is 8.04. The van der Waals surface area contributed by atoms with Crippen LogP contribution in [0.2, 0.25) is 0 Å². The van der Waals surface area contributed by atoms with Crippen molar-refractivity contribution in [3.05, 3.63) is 0 Å². The number of hydrogen-bond acceptors (Lipinski definition) is 1. The van der Waals surface area contributed by atoms with Crippen LogP contribution in [0, 0.1) is 11.8 Å². The van der Waals surface area contributed by atoms with Crippen LogP contribution < -0.4 is 0 Å². The summed E-state index contributed by atoms with van der Waals surface area (Å²) in [5.41, 5.74) is 0. The maximum Gasteiger partial charge on any atom is 0.0934 e. The second kappa shape index (κ2) is 6.02. The molecule has 0 fully saturated rings. The van der Waals surface area contributed by atoms with Gasteiger partial charge < -0.3 is 0 Å². The molecular formula is C12H24Cl2S. The molecule has 2 unspecified atom stereocenters. The van der Waals surface area contributed by atoms with Crippen LogP contribution in [-0.2, 0) is 0 Å². The normalized spacial score (nSPS) is 20.4. The highest BCUT2D eigenvalue weighted by Crippen LogP contribution is 2.53. The summed E-state index contributed by atoms with van der Waals surface area (Å²) >= 11 is 15.0. The first-order valence-corrected chi connectivity index (χ1v) is 7.37. The Morgan fingerprint density at radius 2 is 1.13 bits per heavy atom. The van der Waals surface area contributed by atoms with E-state index >= 15 is 0 Å². The molecule has 0 aromatic rings. The lowest BCUT2D eigenvalue weighted by atomic mass is 10.1. The maximum atomic E-state index is 6.64. The molecule has 0 spiro atoms. The molecule has 0 rings (SSSR count). The van der Waals surface area contributed by atoms with Crippen molar-refractivity contribution in [1.82, 2.24) is 0 Å². The monoisotopic (exact) mass is 270 g/mol. The summed E-state index contributed by atoms with van der Waals surface area (Å²) in [6.45, 7) is 12.9. The molecule has 0 nitrogen and oxygen atoms in total. The van der Waals surface area contributed by atoms with Crippen molar-refractivity contribution in [3.8, 4) is 0 Å². The van der Waals surface area contributed by atoms with E-state index in [9.17, 15) is 0 Å². The summed E-state index contributed by atoms with van der Waals surface area (Å²) in [4.78, 5) is 0. The van der Waals surface area contributed by atoms with Gasteiger partial charge in [0.15, 0.2) is 0 Å². The Kier molecular flexibility index (Phi) is 6.40. The zero-order chi connectivity index (χ0) is 12.3. The standard InChI is InChI=1S/C12H24Cl2S/c1-7-11(13,9(3)4)15-12(14,8-2)10(5)6/h9-10H,7-8H2,1-6H3. The molecule has 0 saturated heterocycles. The van der Waals surface area contributed by atoms with Gasteiger partial charge in [0.2, 0.25) is 0 Å². The Morgan fingerprint density at radius 1 is 0.867 bits per heavy atom. The van der Waals surface area contributed by atoms with Crippen LogP contribution in [-0.4, -0.2) is 8.41 Å². The summed E-state index contributed by atoms with van der Waals surface area (Å²) in [6.07, 6.45) is 1.89. The molecule has 0 aliphatic heterocycles. The van der Waals surface area contributed by atoms with E-state index in [1.807, 2.05) is 0 Å². The minimum Gasteiger partial charge on any atom is -0.115 e. The number of rotatable bonds is 6. The molecule has 0 bridgehead atoms. The van der Waals surface area contributed by atoms with Crippen molar-refractivity contribution in [2.45, 2.75) is 62.8 Å². The molecule has 0 radical (unpaired) electrons. The van der Waals surface area contributed by atoms with E-state index in [4.69, 9.17) is 23.2 Å². The minimum absolute atomic E-state index is 0.234. The van der Waals surface area contributed by atoms with E-state index in [1.54, 1.807) is 11.8 Å². The third-order valence-electron chi connectivity index (χ3n) is 3.03. The lowest BCUT2D eigenvalue weighted by molar-refractivity contribution is 0.509. The molecule has 0 aliphatic carbocycles. The fraction of sp³-hybridized carbons (Fsp3) is 1.00. The highest BCUT2D eigenvalue weighted by atomic mass is 35.5. The van der Waals surface area contributed by atoms with E-state index in [0.717, 1.165) is 12.8 Å². The summed E-state index contributed by atoms with van der Waals surface area (Å²) in [7, 11) is 0. The van der Waals surface area contributed by atoms with E-state index in [1.165, 1.54) is 0 Å². The summed E-state index contributed by atoms with van der Waals surface area (Å²) < 4.78 is -0.468. The Hall–Kier alpha value is 0.930. The van der Waals surface area contributed by atoms with Crippen molar-refractivity contribution >= 4 is 35.0 Å². The molecule has 2 atom stereocenters. The van der Waals surface area contributed by atoms with Crippen LogP contribution in [0.4, 0.5) is 0 Å². The van der Waals surface area contributed by atoms with Crippen molar-refractivity contribution < 1.29 is 0 Å². The SMILES string of the molecule is CCC(Cl)(SC(Cl)(CC)C(C)C)C(C)C. The largest absolute Gasteiger partial charge is 0.115 e. The van der Waals surface area contributed by atoms with Gasteiger partial charge in [-0.3, -0.25) is 0 Å². The molecule has 92 valence electrons. The molecule has 0 aliphatic rings. The fourth-order valence-electron chi connectivity index (χ4n) is 1.48. The van der Waals surface area contributed by atoms with Crippen LogP contribution in [0.5, 0.6) is 0 Å². The molecule has 0 saturated carbocycles. The number of halogens is 2. The van der Waals surface area contributed by atoms with Gasteiger partial charge in [0, 0.05) is 0 Å². The Bertz CT molecular complexity index is 174. The van der Waals surface area contributed by atoms with Gasteiger partial charge in [-0.05, 0) is 24.7 Å². The average molecular weight is 271 g/mol. The smallest absolute Gasteiger partial charge is 0.0934 e. The second-order valence-electron chi connectivity index (χ2n) is 4.69. The number of alkyl halides is 2. The summed E-state index contributed by atoms with van der Waals surface area (Å²) in [5.74, 6) is 0.857. The van der Waals surface area contributed by atoms with Crippen LogP contribution in [0.15, 0.2) is 0 Å². The van der Waals surface area contributed by atoms with E-state index in [2.05, 4.69) is 41.5 Å². The Labute approximate surface area is 109 Å². The lowest BCUT2D eigenvalue weighted by Crippen LogP contribution is -2.34. The van der Waals surface area contributed by atoms with Gasteiger partial charge in [-0.1, -0.05) is 41.5 Å². The highest BCUT2D eigenvalue weighted by Gasteiger charge is 2.41. The maximum absolute atomic E-state index is 6.64. The van der Waals surface area contributed by atoms with Gasteiger partial charge >= 0.3 is 0 Å². The second-order valence-corrected chi connectivity index (χ2v) is 8.15. The molecule has 0 aromatic carbocycles. The van der Waals surface area contributed by atoms with E-state index in [0.29, 0.717) is 11.8 Å². The fourth-order valence-corrected chi connectivity index (χ4v) is 3.75. The minimum atomic E-state index is -0.234. The molecule has 15 heavy (non-hydrogen) atoms. The first kappa shape index (κ1) is 15.9. The van der Waals surface area contributed by atoms with Gasteiger partial charge in [-0.2, -0.15) is 0 Å². The molecule has 3 heteroatoms. The Balaban J connectivity index is 4.79. The number of thioether (sulfide) groups is 1. The van der Waals surface area contributed by atoms with Crippen LogP contribution in [0.1, 0.15) is 54.4 Å². The summed E-state index contributed by atoms with van der Waals surface area (Å²) in [6, 6.07) is 0.